The molecular formula is C11H19F3O. The average Bonchev–Trinajstić information content (AvgIpc) is 2.12. The summed E-state index contributed by atoms with van der Waals surface area (Å²) in [4.78, 5) is 0. The summed E-state index contributed by atoms with van der Waals surface area (Å²) in [5.41, 5.74) is 0. The summed E-state index contributed by atoms with van der Waals surface area (Å²) in [5.74, 6) is 0.436. The molecule has 0 aromatic heterocycles. The normalized spacial score (nSPS) is 28.0. The van der Waals surface area contributed by atoms with Gasteiger partial charge in [-0.25, -0.2) is 0 Å². The van der Waals surface area contributed by atoms with Crippen LogP contribution < -0.4 is 0 Å². The Morgan fingerprint density at radius 2 is 2.00 bits per heavy atom. The average molecular weight is 224 g/mol. The first-order chi connectivity index (χ1) is 7.01. The fourth-order valence-corrected chi connectivity index (χ4v) is 2.29. The lowest BCUT2D eigenvalue weighted by molar-refractivity contribution is -0.346. The monoisotopic (exact) mass is 224 g/mol. The van der Waals surface area contributed by atoms with Gasteiger partial charge in [0.15, 0.2) is 0 Å². The van der Waals surface area contributed by atoms with Crippen LogP contribution >= 0.6 is 0 Å². The Hall–Kier alpha value is -0.250. The molecule has 90 valence electrons. The molecule has 0 N–H and O–H groups in total. The second-order valence-corrected chi connectivity index (χ2v) is 4.36. The third-order valence-corrected chi connectivity index (χ3v) is 3.00. The summed E-state index contributed by atoms with van der Waals surface area (Å²) >= 11 is 0. The van der Waals surface area contributed by atoms with Crippen molar-refractivity contribution >= 4 is 0 Å². The van der Waals surface area contributed by atoms with Crippen molar-refractivity contribution in [1.29, 1.82) is 0 Å². The number of rotatable bonds is 4. The summed E-state index contributed by atoms with van der Waals surface area (Å²) in [7, 11) is 0. The molecule has 0 saturated heterocycles. The van der Waals surface area contributed by atoms with Crippen LogP contribution in [0, 0.1) is 5.92 Å². The molecule has 2 atom stereocenters. The second kappa shape index (κ2) is 5.73. The first-order valence-electron chi connectivity index (χ1n) is 5.76. The van der Waals surface area contributed by atoms with E-state index in [0.29, 0.717) is 18.8 Å². The third-order valence-electron chi connectivity index (χ3n) is 3.00. The SMILES string of the molecule is CCCCC1CCCC(OC(F)(F)F)C1. The first-order valence-corrected chi connectivity index (χ1v) is 5.76. The molecule has 1 aliphatic rings. The number of hydrogen-bond acceptors (Lipinski definition) is 1. The van der Waals surface area contributed by atoms with Gasteiger partial charge in [-0.15, -0.1) is 13.2 Å². The van der Waals surface area contributed by atoms with Crippen molar-refractivity contribution in [3.8, 4) is 0 Å². The van der Waals surface area contributed by atoms with Gasteiger partial charge in [-0.1, -0.05) is 39.0 Å². The summed E-state index contributed by atoms with van der Waals surface area (Å²) in [6.45, 7) is 2.10. The summed E-state index contributed by atoms with van der Waals surface area (Å²) in [6, 6.07) is 0. The molecule has 0 aromatic rings. The summed E-state index contributed by atoms with van der Waals surface area (Å²) in [5, 5.41) is 0. The van der Waals surface area contributed by atoms with Gasteiger partial charge in [-0.3, -0.25) is 4.74 Å². The van der Waals surface area contributed by atoms with Gasteiger partial charge in [0, 0.05) is 0 Å². The fourth-order valence-electron chi connectivity index (χ4n) is 2.29. The highest BCUT2D eigenvalue weighted by Crippen LogP contribution is 2.33. The van der Waals surface area contributed by atoms with Crippen LogP contribution in [0.25, 0.3) is 0 Å². The van der Waals surface area contributed by atoms with Crippen LogP contribution in [0.2, 0.25) is 0 Å². The fraction of sp³-hybridized carbons (Fsp3) is 1.00. The van der Waals surface area contributed by atoms with Crippen molar-refractivity contribution in [1.82, 2.24) is 0 Å². The Morgan fingerprint density at radius 1 is 1.27 bits per heavy atom. The van der Waals surface area contributed by atoms with Crippen molar-refractivity contribution in [2.24, 2.45) is 5.92 Å². The van der Waals surface area contributed by atoms with Crippen molar-refractivity contribution in [3.63, 3.8) is 0 Å². The summed E-state index contributed by atoms with van der Waals surface area (Å²) in [6.07, 6.45) is 1.30. The van der Waals surface area contributed by atoms with Gasteiger partial charge in [0.25, 0.3) is 0 Å². The standard InChI is InChI=1S/C11H19F3O/c1-2-3-5-9-6-4-7-10(8-9)15-11(12,13)14/h9-10H,2-8H2,1H3. The van der Waals surface area contributed by atoms with E-state index in [4.69, 9.17) is 0 Å². The van der Waals surface area contributed by atoms with Gasteiger partial charge >= 0.3 is 6.36 Å². The van der Waals surface area contributed by atoms with Crippen molar-refractivity contribution in [2.75, 3.05) is 0 Å². The van der Waals surface area contributed by atoms with Crippen molar-refractivity contribution < 1.29 is 17.9 Å². The molecule has 0 bridgehead atoms. The number of alkyl halides is 3. The minimum atomic E-state index is -4.46. The van der Waals surface area contributed by atoms with Crippen LogP contribution in [0.1, 0.15) is 51.9 Å². The molecule has 0 heterocycles. The zero-order valence-corrected chi connectivity index (χ0v) is 9.15. The lowest BCUT2D eigenvalue weighted by Crippen LogP contribution is -2.29. The van der Waals surface area contributed by atoms with Crippen molar-refractivity contribution in [2.45, 2.75) is 64.3 Å². The predicted octanol–water partition coefficient (Wildman–Crippen LogP) is 4.27. The van der Waals surface area contributed by atoms with Crippen molar-refractivity contribution in [3.05, 3.63) is 0 Å². The van der Waals surface area contributed by atoms with Crippen LogP contribution in [-0.4, -0.2) is 12.5 Å². The van der Waals surface area contributed by atoms with E-state index in [1.54, 1.807) is 0 Å². The van der Waals surface area contributed by atoms with Crippen LogP contribution in [0.5, 0.6) is 0 Å². The molecule has 1 aliphatic carbocycles. The van der Waals surface area contributed by atoms with E-state index in [1.165, 1.54) is 0 Å². The van der Waals surface area contributed by atoms with Gasteiger partial charge in [0.2, 0.25) is 0 Å². The quantitative estimate of drug-likeness (QED) is 0.692. The Kier molecular flexibility index (Phi) is 4.90. The molecule has 0 aliphatic heterocycles. The van der Waals surface area contributed by atoms with Gasteiger partial charge < -0.3 is 0 Å². The van der Waals surface area contributed by atoms with Crippen LogP contribution in [-0.2, 0) is 4.74 Å². The van der Waals surface area contributed by atoms with E-state index in [-0.39, 0.29) is 0 Å². The Balaban J connectivity index is 2.29. The zero-order valence-electron chi connectivity index (χ0n) is 9.15. The Bertz CT molecular complexity index is 179. The molecule has 0 aromatic carbocycles. The molecule has 0 radical (unpaired) electrons. The van der Waals surface area contributed by atoms with E-state index >= 15 is 0 Å². The molecule has 2 unspecified atom stereocenters. The largest absolute Gasteiger partial charge is 0.522 e. The zero-order chi connectivity index (χ0) is 11.3. The second-order valence-electron chi connectivity index (χ2n) is 4.36. The number of halogens is 3. The molecular weight excluding hydrogens is 205 g/mol. The highest BCUT2D eigenvalue weighted by Gasteiger charge is 2.35. The topological polar surface area (TPSA) is 9.23 Å². The van der Waals surface area contributed by atoms with Crippen LogP contribution in [0.15, 0.2) is 0 Å². The smallest absolute Gasteiger partial charge is 0.289 e. The molecule has 1 nitrogen and oxygen atoms in total. The van der Waals surface area contributed by atoms with E-state index in [0.717, 1.165) is 32.1 Å². The molecule has 1 fully saturated rings. The maximum atomic E-state index is 12.0. The summed E-state index contributed by atoms with van der Waals surface area (Å²) < 4.78 is 40.1. The number of hydrogen-bond donors (Lipinski definition) is 0. The molecule has 15 heavy (non-hydrogen) atoms. The van der Waals surface area contributed by atoms with Gasteiger partial charge in [-0.2, -0.15) is 0 Å². The first kappa shape index (κ1) is 12.8. The maximum Gasteiger partial charge on any atom is 0.522 e. The maximum absolute atomic E-state index is 12.0. The molecule has 4 heteroatoms. The molecule has 0 amide bonds. The minimum Gasteiger partial charge on any atom is -0.289 e. The van der Waals surface area contributed by atoms with E-state index in [1.807, 2.05) is 0 Å². The minimum absolute atomic E-state index is 0.436. The Morgan fingerprint density at radius 3 is 2.60 bits per heavy atom. The lowest BCUT2D eigenvalue weighted by atomic mass is 9.84. The highest BCUT2D eigenvalue weighted by molar-refractivity contribution is 4.73. The molecule has 1 rings (SSSR count). The molecule has 1 saturated carbocycles. The van der Waals surface area contributed by atoms with Crippen LogP contribution in [0.4, 0.5) is 13.2 Å². The van der Waals surface area contributed by atoms with Crippen LogP contribution in [0.3, 0.4) is 0 Å². The molecule has 0 spiro atoms. The third kappa shape index (κ3) is 5.40. The van der Waals surface area contributed by atoms with Gasteiger partial charge in [0.05, 0.1) is 6.10 Å². The van der Waals surface area contributed by atoms with Gasteiger partial charge in [-0.05, 0) is 18.8 Å². The Labute approximate surface area is 89.0 Å². The number of unbranched alkanes of at least 4 members (excludes halogenated alkanes) is 1. The highest BCUT2D eigenvalue weighted by atomic mass is 19.4. The predicted molar refractivity (Wildman–Crippen MR) is 52.4 cm³/mol. The van der Waals surface area contributed by atoms with E-state index in [9.17, 15) is 13.2 Å². The van der Waals surface area contributed by atoms with E-state index < -0.39 is 12.5 Å². The lowest BCUT2D eigenvalue weighted by Gasteiger charge is -2.29. The van der Waals surface area contributed by atoms with Gasteiger partial charge in [0.1, 0.15) is 0 Å². The number of ether oxygens (including phenoxy) is 1. The van der Waals surface area contributed by atoms with E-state index in [2.05, 4.69) is 11.7 Å².